The third-order valence-electron chi connectivity index (χ3n) is 6.17. The Bertz CT molecular complexity index is 388. The van der Waals surface area contributed by atoms with Crippen LogP contribution in [0.3, 0.4) is 0 Å². The lowest BCUT2D eigenvalue weighted by molar-refractivity contribution is 0.0721. The van der Waals surface area contributed by atoms with Crippen LogP contribution in [0, 0.1) is 0 Å². The summed E-state index contributed by atoms with van der Waals surface area (Å²) in [5.74, 6) is 0. The molecule has 0 aliphatic heterocycles. The SMILES string of the molecule is CCCCCC=CCC=CCCCCCCCCOCC(CCCCCCC)N(C)C. The molecule has 0 radical (unpaired) electrons. The summed E-state index contributed by atoms with van der Waals surface area (Å²) < 4.78 is 6.00. The van der Waals surface area contributed by atoms with Crippen molar-refractivity contribution < 1.29 is 4.74 Å². The molecule has 0 saturated carbocycles. The second-order valence-electron chi connectivity index (χ2n) is 9.48. The molecule has 1 unspecified atom stereocenters. The minimum atomic E-state index is 0.589. The van der Waals surface area contributed by atoms with Crippen LogP contribution in [0.5, 0.6) is 0 Å². The minimum absolute atomic E-state index is 0.589. The van der Waals surface area contributed by atoms with E-state index < -0.39 is 0 Å². The van der Waals surface area contributed by atoms with Gasteiger partial charge in [-0.25, -0.2) is 0 Å². The van der Waals surface area contributed by atoms with Crippen molar-refractivity contribution in [1.29, 1.82) is 0 Å². The fourth-order valence-electron chi connectivity index (χ4n) is 3.89. The van der Waals surface area contributed by atoms with Crippen molar-refractivity contribution in [2.24, 2.45) is 0 Å². The molecular weight excluding hydrogens is 378 g/mol. The Balaban J connectivity index is 3.41. The Labute approximate surface area is 196 Å². The number of likely N-dealkylation sites (N-methyl/N-ethyl adjacent to an activating group) is 1. The van der Waals surface area contributed by atoms with E-state index in [4.69, 9.17) is 4.74 Å². The van der Waals surface area contributed by atoms with Crippen LogP contribution < -0.4 is 0 Å². The molecule has 0 N–H and O–H groups in total. The van der Waals surface area contributed by atoms with Crippen molar-refractivity contribution in [3.8, 4) is 0 Å². The summed E-state index contributed by atoms with van der Waals surface area (Å²) in [4.78, 5) is 2.35. The summed E-state index contributed by atoms with van der Waals surface area (Å²) in [6.07, 6.45) is 33.1. The van der Waals surface area contributed by atoms with Crippen LogP contribution >= 0.6 is 0 Å². The molecule has 0 fully saturated rings. The van der Waals surface area contributed by atoms with Gasteiger partial charge in [-0.1, -0.05) is 109 Å². The van der Waals surface area contributed by atoms with Gasteiger partial charge in [0.2, 0.25) is 0 Å². The lowest BCUT2D eigenvalue weighted by atomic mass is 10.1. The van der Waals surface area contributed by atoms with Crippen molar-refractivity contribution in [1.82, 2.24) is 4.90 Å². The zero-order valence-corrected chi connectivity index (χ0v) is 21.9. The Morgan fingerprint density at radius 3 is 1.77 bits per heavy atom. The third kappa shape index (κ3) is 23.9. The zero-order chi connectivity index (χ0) is 22.8. The standard InChI is InChI=1S/C29H57NO/c1-5-7-9-11-12-13-14-15-16-17-18-19-20-21-23-25-27-31-28-29(30(3)4)26-24-22-10-8-6-2/h12-13,15-16,29H,5-11,14,17-28H2,1-4H3. The van der Waals surface area contributed by atoms with E-state index in [1.807, 2.05) is 0 Å². The van der Waals surface area contributed by atoms with E-state index in [1.54, 1.807) is 0 Å². The van der Waals surface area contributed by atoms with Crippen molar-refractivity contribution in [3.63, 3.8) is 0 Å². The van der Waals surface area contributed by atoms with Crippen LogP contribution in [0.25, 0.3) is 0 Å². The van der Waals surface area contributed by atoms with E-state index in [0.717, 1.165) is 19.6 Å². The molecule has 0 spiro atoms. The summed E-state index contributed by atoms with van der Waals surface area (Å²) in [6.45, 7) is 6.39. The number of rotatable bonds is 24. The molecule has 2 nitrogen and oxygen atoms in total. The minimum Gasteiger partial charge on any atom is -0.380 e. The van der Waals surface area contributed by atoms with Gasteiger partial charge in [0.05, 0.1) is 6.61 Å². The predicted octanol–water partition coefficient (Wildman–Crippen LogP) is 9.11. The second-order valence-corrected chi connectivity index (χ2v) is 9.48. The maximum absolute atomic E-state index is 6.00. The highest BCUT2D eigenvalue weighted by atomic mass is 16.5. The van der Waals surface area contributed by atoms with Crippen molar-refractivity contribution in [2.45, 2.75) is 135 Å². The van der Waals surface area contributed by atoms with Crippen LogP contribution in [-0.4, -0.2) is 38.3 Å². The molecule has 0 bridgehead atoms. The molecule has 184 valence electrons. The normalized spacial score (nSPS) is 13.2. The van der Waals surface area contributed by atoms with Crippen molar-refractivity contribution in [3.05, 3.63) is 24.3 Å². The van der Waals surface area contributed by atoms with Gasteiger partial charge in [0.25, 0.3) is 0 Å². The molecule has 0 aliphatic carbocycles. The van der Waals surface area contributed by atoms with Crippen molar-refractivity contribution in [2.75, 3.05) is 27.3 Å². The van der Waals surface area contributed by atoms with Gasteiger partial charge in [-0.2, -0.15) is 0 Å². The largest absolute Gasteiger partial charge is 0.380 e. The van der Waals surface area contributed by atoms with Gasteiger partial charge in [0.1, 0.15) is 0 Å². The highest BCUT2D eigenvalue weighted by molar-refractivity contribution is 4.92. The van der Waals surface area contributed by atoms with Gasteiger partial charge in [-0.05, 0) is 59.0 Å². The van der Waals surface area contributed by atoms with Gasteiger partial charge in [-0.15, -0.1) is 0 Å². The Hall–Kier alpha value is -0.600. The average Bonchev–Trinajstić information content (AvgIpc) is 2.76. The number of hydrogen-bond donors (Lipinski definition) is 0. The fraction of sp³-hybridized carbons (Fsp3) is 0.862. The molecule has 0 aromatic carbocycles. The summed E-state index contributed by atoms with van der Waals surface area (Å²) in [5, 5.41) is 0. The second kappa shape index (κ2) is 25.7. The van der Waals surface area contributed by atoms with Crippen LogP contribution in [0.1, 0.15) is 129 Å². The summed E-state index contributed by atoms with van der Waals surface area (Å²) >= 11 is 0. The zero-order valence-electron chi connectivity index (χ0n) is 21.9. The number of nitrogens with zero attached hydrogens (tertiary/aromatic N) is 1. The first kappa shape index (κ1) is 30.4. The van der Waals surface area contributed by atoms with Crippen molar-refractivity contribution >= 4 is 0 Å². The van der Waals surface area contributed by atoms with E-state index in [9.17, 15) is 0 Å². The van der Waals surface area contributed by atoms with Gasteiger partial charge >= 0.3 is 0 Å². The van der Waals surface area contributed by atoms with Gasteiger partial charge in [-0.3, -0.25) is 0 Å². The molecular formula is C29H57NO. The fourth-order valence-corrected chi connectivity index (χ4v) is 3.89. The van der Waals surface area contributed by atoms with E-state index in [1.165, 1.54) is 109 Å². The molecule has 0 aromatic heterocycles. The Kier molecular flexibility index (Phi) is 25.2. The van der Waals surface area contributed by atoms with Crippen LogP contribution in [0.4, 0.5) is 0 Å². The molecule has 0 aliphatic rings. The number of hydrogen-bond acceptors (Lipinski definition) is 2. The topological polar surface area (TPSA) is 12.5 Å². The van der Waals surface area contributed by atoms with E-state index in [2.05, 4.69) is 57.1 Å². The highest BCUT2D eigenvalue weighted by Crippen LogP contribution is 2.12. The Morgan fingerprint density at radius 1 is 0.613 bits per heavy atom. The summed E-state index contributed by atoms with van der Waals surface area (Å²) in [6, 6.07) is 0.589. The van der Waals surface area contributed by atoms with Gasteiger partial charge in [0, 0.05) is 12.6 Å². The smallest absolute Gasteiger partial charge is 0.0621 e. The molecule has 31 heavy (non-hydrogen) atoms. The first-order valence-corrected chi connectivity index (χ1v) is 13.8. The quantitative estimate of drug-likeness (QED) is 0.111. The molecule has 0 saturated heterocycles. The highest BCUT2D eigenvalue weighted by Gasteiger charge is 2.10. The van der Waals surface area contributed by atoms with E-state index >= 15 is 0 Å². The third-order valence-corrected chi connectivity index (χ3v) is 6.17. The first-order chi connectivity index (χ1) is 15.2. The lowest BCUT2D eigenvalue weighted by Crippen LogP contribution is -2.32. The number of unbranched alkanes of at least 4 members (excludes halogenated alkanes) is 13. The van der Waals surface area contributed by atoms with E-state index in [0.29, 0.717) is 6.04 Å². The molecule has 0 amide bonds. The maximum atomic E-state index is 6.00. The van der Waals surface area contributed by atoms with Crippen LogP contribution in [-0.2, 0) is 4.74 Å². The van der Waals surface area contributed by atoms with Gasteiger partial charge < -0.3 is 9.64 Å². The number of ether oxygens (including phenoxy) is 1. The monoisotopic (exact) mass is 435 g/mol. The molecule has 1 atom stereocenters. The Morgan fingerprint density at radius 2 is 1.13 bits per heavy atom. The molecule has 2 heteroatoms. The molecule has 0 aromatic rings. The van der Waals surface area contributed by atoms with Gasteiger partial charge in [0.15, 0.2) is 0 Å². The molecule has 0 heterocycles. The summed E-state index contributed by atoms with van der Waals surface area (Å²) in [7, 11) is 4.39. The first-order valence-electron chi connectivity index (χ1n) is 13.8. The average molecular weight is 436 g/mol. The summed E-state index contributed by atoms with van der Waals surface area (Å²) in [5.41, 5.74) is 0. The van der Waals surface area contributed by atoms with Crippen LogP contribution in [0.15, 0.2) is 24.3 Å². The maximum Gasteiger partial charge on any atom is 0.0621 e. The lowest BCUT2D eigenvalue weighted by Gasteiger charge is -2.24. The number of allylic oxidation sites excluding steroid dienone is 4. The van der Waals surface area contributed by atoms with E-state index in [-0.39, 0.29) is 0 Å². The molecule has 0 rings (SSSR count). The van der Waals surface area contributed by atoms with Crippen LogP contribution in [0.2, 0.25) is 0 Å². The predicted molar refractivity (Wildman–Crippen MR) is 141 cm³/mol.